The molecule has 1 N–H and O–H groups in total. The Morgan fingerprint density at radius 3 is 2.38 bits per heavy atom. The summed E-state index contributed by atoms with van der Waals surface area (Å²) in [6, 6.07) is 9.06. The molecule has 2 heteroatoms. The molecular formula is C24H34O2. The van der Waals surface area contributed by atoms with Crippen LogP contribution in [0.4, 0.5) is 0 Å². The van der Waals surface area contributed by atoms with Gasteiger partial charge >= 0.3 is 5.97 Å². The highest BCUT2D eigenvalue weighted by Crippen LogP contribution is 2.46. The van der Waals surface area contributed by atoms with Crippen LogP contribution in [0, 0.1) is 5.92 Å². The molecule has 1 unspecified atom stereocenters. The Morgan fingerprint density at radius 1 is 1.15 bits per heavy atom. The molecule has 0 aliphatic heterocycles. The van der Waals surface area contributed by atoms with Crippen LogP contribution < -0.4 is 0 Å². The first-order valence-corrected chi connectivity index (χ1v) is 10.2. The lowest BCUT2D eigenvalue weighted by Gasteiger charge is -2.41. The Labute approximate surface area is 159 Å². The molecule has 26 heavy (non-hydrogen) atoms. The van der Waals surface area contributed by atoms with E-state index >= 15 is 0 Å². The standard InChI is InChI=1S/C24H34O2/c1-5-8-10-18(4)24(21-13-11-19(9-6-2)12-14-21)16-15-22(23(25)26)20(7-3)17-24/h11-16,18H,5-10,17H2,1-4H3,(H,25,26)/t18?,24-/m1/s1. The molecule has 0 amide bonds. The third-order valence-corrected chi connectivity index (χ3v) is 5.99. The van der Waals surface area contributed by atoms with E-state index in [0.29, 0.717) is 11.5 Å². The smallest absolute Gasteiger partial charge is 0.335 e. The topological polar surface area (TPSA) is 37.3 Å². The van der Waals surface area contributed by atoms with Crippen LogP contribution in [0.2, 0.25) is 0 Å². The second-order valence-corrected chi connectivity index (χ2v) is 7.72. The van der Waals surface area contributed by atoms with Crippen molar-refractivity contribution in [1.82, 2.24) is 0 Å². The van der Waals surface area contributed by atoms with Crippen molar-refractivity contribution < 1.29 is 9.90 Å². The fourth-order valence-corrected chi connectivity index (χ4v) is 4.25. The molecule has 2 nitrogen and oxygen atoms in total. The highest BCUT2D eigenvalue weighted by molar-refractivity contribution is 5.91. The average molecular weight is 355 g/mol. The van der Waals surface area contributed by atoms with E-state index in [0.717, 1.165) is 37.7 Å². The van der Waals surface area contributed by atoms with Crippen molar-refractivity contribution in [1.29, 1.82) is 0 Å². The van der Waals surface area contributed by atoms with E-state index in [4.69, 9.17) is 0 Å². The Kier molecular flexibility index (Phi) is 7.25. The zero-order chi connectivity index (χ0) is 19.2. The first kappa shape index (κ1) is 20.5. The molecule has 0 saturated heterocycles. The van der Waals surface area contributed by atoms with Crippen molar-refractivity contribution in [2.45, 2.75) is 78.1 Å². The van der Waals surface area contributed by atoms with Gasteiger partial charge in [-0.05, 0) is 42.7 Å². The van der Waals surface area contributed by atoms with Gasteiger partial charge in [-0.25, -0.2) is 4.79 Å². The van der Waals surface area contributed by atoms with Gasteiger partial charge in [-0.3, -0.25) is 0 Å². The van der Waals surface area contributed by atoms with Crippen molar-refractivity contribution in [2.75, 3.05) is 0 Å². The van der Waals surface area contributed by atoms with Crippen molar-refractivity contribution in [3.05, 3.63) is 58.7 Å². The van der Waals surface area contributed by atoms with Crippen LogP contribution in [0.1, 0.15) is 77.3 Å². The van der Waals surface area contributed by atoms with Crippen LogP contribution in [0.5, 0.6) is 0 Å². The lowest BCUT2D eigenvalue weighted by Crippen LogP contribution is -2.35. The van der Waals surface area contributed by atoms with Crippen LogP contribution in [-0.2, 0) is 16.6 Å². The minimum absolute atomic E-state index is 0.0930. The maximum Gasteiger partial charge on any atom is 0.335 e. The largest absolute Gasteiger partial charge is 0.478 e. The van der Waals surface area contributed by atoms with E-state index in [9.17, 15) is 9.90 Å². The van der Waals surface area contributed by atoms with Gasteiger partial charge in [0, 0.05) is 5.41 Å². The molecule has 1 aliphatic carbocycles. The summed E-state index contributed by atoms with van der Waals surface area (Å²) in [7, 11) is 0. The number of aliphatic carboxylic acids is 1. The molecule has 1 aliphatic rings. The summed E-state index contributed by atoms with van der Waals surface area (Å²) < 4.78 is 0. The van der Waals surface area contributed by atoms with E-state index in [1.54, 1.807) is 0 Å². The Balaban J connectivity index is 2.45. The van der Waals surface area contributed by atoms with Crippen LogP contribution in [-0.4, -0.2) is 11.1 Å². The summed E-state index contributed by atoms with van der Waals surface area (Å²) in [5.74, 6) is -0.321. The van der Waals surface area contributed by atoms with Crippen molar-refractivity contribution in [3.8, 4) is 0 Å². The number of carbonyl (C=O) groups is 1. The number of hydrogen-bond acceptors (Lipinski definition) is 1. The minimum Gasteiger partial charge on any atom is -0.478 e. The molecule has 1 aromatic carbocycles. The van der Waals surface area contributed by atoms with E-state index in [2.05, 4.69) is 58.0 Å². The normalized spacial score (nSPS) is 21.1. The molecule has 142 valence electrons. The second-order valence-electron chi connectivity index (χ2n) is 7.72. The number of carboxylic acid groups (broad SMARTS) is 1. The molecule has 0 heterocycles. The average Bonchev–Trinajstić information content (AvgIpc) is 2.66. The van der Waals surface area contributed by atoms with Crippen molar-refractivity contribution in [3.63, 3.8) is 0 Å². The molecule has 0 bridgehead atoms. The van der Waals surface area contributed by atoms with Gasteiger partial charge in [0.05, 0.1) is 5.57 Å². The van der Waals surface area contributed by atoms with Crippen molar-refractivity contribution >= 4 is 5.97 Å². The Hall–Kier alpha value is -1.83. The van der Waals surface area contributed by atoms with Gasteiger partial charge in [0.1, 0.15) is 0 Å². The summed E-state index contributed by atoms with van der Waals surface area (Å²) in [6.45, 7) is 8.84. The molecule has 0 aromatic heterocycles. The maximum absolute atomic E-state index is 11.6. The molecule has 0 fully saturated rings. The van der Waals surface area contributed by atoms with Crippen LogP contribution in [0.25, 0.3) is 0 Å². The van der Waals surface area contributed by atoms with E-state index in [-0.39, 0.29) is 5.41 Å². The predicted molar refractivity (Wildman–Crippen MR) is 110 cm³/mol. The lowest BCUT2D eigenvalue weighted by atomic mass is 9.63. The summed E-state index contributed by atoms with van der Waals surface area (Å²) in [4.78, 5) is 11.6. The summed E-state index contributed by atoms with van der Waals surface area (Å²) in [6.07, 6.45) is 11.5. The van der Waals surface area contributed by atoms with Gasteiger partial charge in [-0.1, -0.05) is 88.9 Å². The van der Waals surface area contributed by atoms with Gasteiger partial charge in [-0.2, -0.15) is 0 Å². The fourth-order valence-electron chi connectivity index (χ4n) is 4.25. The molecule has 0 radical (unpaired) electrons. The number of allylic oxidation sites excluding steroid dienone is 2. The Morgan fingerprint density at radius 2 is 1.85 bits per heavy atom. The lowest BCUT2D eigenvalue weighted by molar-refractivity contribution is -0.132. The molecule has 1 aromatic rings. The maximum atomic E-state index is 11.6. The number of rotatable bonds is 9. The van der Waals surface area contributed by atoms with Crippen molar-refractivity contribution in [2.24, 2.45) is 5.92 Å². The zero-order valence-electron chi connectivity index (χ0n) is 16.8. The number of aryl methyl sites for hydroxylation is 1. The highest BCUT2D eigenvalue weighted by atomic mass is 16.4. The summed E-state index contributed by atoms with van der Waals surface area (Å²) in [5.41, 5.74) is 4.18. The van der Waals surface area contributed by atoms with Crippen LogP contribution >= 0.6 is 0 Å². The monoisotopic (exact) mass is 354 g/mol. The first-order chi connectivity index (χ1) is 12.5. The van der Waals surface area contributed by atoms with Crippen LogP contribution in [0.15, 0.2) is 47.6 Å². The summed E-state index contributed by atoms with van der Waals surface area (Å²) in [5, 5.41) is 9.55. The number of benzene rings is 1. The molecule has 2 atom stereocenters. The predicted octanol–water partition coefficient (Wildman–Crippen LogP) is 6.45. The number of hydrogen-bond donors (Lipinski definition) is 1. The molecule has 2 rings (SSSR count). The van der Waals surface area contributed by atoms with E-state index < -0.39 is 5.97 Å². The van der Waals surface area contributed by atoms with E-state index in [1.807, 2.05) is 6.08 Å². The summed E-state index contributed by atoms with van der Waals surface area (Å²) >= 11 is 0. The van der Waals surface area contributed by atoms with Crippen LogP contribution in [0.3, 0.4) is 0 Å². The first-order valence-electron chi connectivity index (χ1n) is 10.2. The molecular weight excluding hydrogens is 320 g/mol. The number of unbranched alkanes of at least 4 members (excludes halogenated alkanes) is 1. The minimum atomic E-state index is -0.800. The third kappa shape index (κ3) is 4.28. The van der Waals surface area contributed by atoms with Gasteiger partial charge in [0.25, 0.3) is 0 Å². The van der Waals surface area contributed by atoms with Gasteiger partial charge < -0.3 is 5.11 Å². The van der Waals surface area contributed by atoms with Gasteiger partial charge in [0.15, 0.2) is 0 Å². The zero-order valence-corrected chi connectivity index (χ0v) is 16.8. The van der Waals surface area contributed by atoms with Gasteiger partial charge in [-0.15, -0.1) is 0 Å². The third-order valence-electron chi connectivity index (χ3n) is 5.99. The van der Waals surface area contributed by atoms with Gasteiger partial charge in [0.2, 0.25) is 0 Å². The fraction of sp³-hybridized carbons (Fsp3) is 0.542. The van der Waals surface area contributed by atoms with E-state index in [1.165, 1.54) is 24.0 Å². The highest BCUT2D eigenvalue weighted by Gasteiger charge is 2.38. The molecule has 0 spiro atoms. The second kappa shape index (κ2) is 9.21. The quantitative estimate of drug-likeness (QED) is 0.553. The molecule has 0 saturated carbocycles. The Bertz CT molecular complexity index is 666. The SMILES string of the molecule is CCCCC(C)[C@@]1(c2ccc(CCC)cc2)C=CC(C(=O)O)=C(CC)C1. The number of carboxylic acids is 1.